The number of amides is 1. The average Bonchev–Trinajstić information content (AvgIpc) is 2.95. The summed E-state index contributed by atoms with van der Waals surface area (Å²) in [5.74, 6) is 0.664. The summed E-state index contributed by atoms with van der Waals surface area (Å²) in [5, 5.41) is 11.0. The van der Waals surface area contributed by atoms with Crippen LogP contribution in [-0.2, 0) is 4.79 Å². The number of hydrogen-bond donors (Lipinski definition) is 1. The van der Waals surface area contributed by atoms with Gasteiger partial charge in [0.2, 0.25) is 0 Å². The molecule has 6 heteroatoms. The van der Waals surface area contributed by atoms with Crippen LogP contribution in [0.2, 0.25) is 5.02 Å². The molecule has 2 fully saturated rings. The predicted octanol–water partition coefficient (Wildman–Crippen LogP) is 1.69. The van der Waals surface area contributed by atoms with Gasteiger partial charge in [0.15, 0.2) is 0 Å². The van der Waals surface area contributed by atoms with Crippen LogP contribution in [0.25, 0.3) is 0 Å². The minimum absolute atomic E-state index is 0.105. The van der Waals surface area contributed by atoms with Gasteiger partial charge in [-0.25, -0.2) is 4.98 Å². The van der Waals surface area contributed by atoms with E-state index in [9.17, 15) is 9.90 Å². The molecule has 5 nitrogen and oxygen atoms in total. The summed E-state index contributed by atoms with van der Waals surface area (Å²) in [6, 6.07) is 3.63. The van der Waals surface area contributed by atoms with Crippen molar-refractivity contribution < 1.29 is 9.90 Å². The van der Waals surface area contributed by atoms with Crippen molar-refractivity contribution in [1.82, 2.24) is 9.88 Å². The van der Waals surface area contributed by atoms with E-state index in [4.69, 9.17) is 11.6 Å². The van der Waals surface area contributed by atoms with Crippen molar-refractivity contribution in [2.24, 2.45) is 0 Å². The molecule has 0 radical (unpaired) electrons. The molecule has 2 heterocycles. The van der Waals surface area contributed by atoms with E-state index >= 15 is 0 Å². The van der Waals surface area contributed by atoms with Gasteiger partial charge in [0.1, 0.15) is 11.4 Å². The maximum atomic E-state index is 12.4. The Morgan fingerprint density at radius 3 is 2.52 bits per heavy atom. The van der Waals surface area contributed by atoms with E-state index < -0.39 is 5.60 Å². The van der Waals surface area contributed by atoms with Gasteiger partial charge in [-0.3, -0.25) is 4.79 Å². The average molecular weight is 310 g/mol. The molecule has 0 bridgehead atoms. The molecule has 0 spiro atoms. The second-order valence-corrected chi connectivity index (χ2v) is 6.23. The zero-order valence-electron chi connectivity index (χ0n) is 12.0. The summed E-state index contributed by atoms with van der Waals surface area (Å²) >= 11 is 6.16. The van der Waals surface area contributed by atoms with Crippen LogP contribution in [0.4, 0.5) is 5.82 Å². The summed E-state index contributed by atoms with van der Waals surface area (Å²) in [6.45, 7) is 2.60. The van der Waals surface area contributed by atoms with E-state index in [2.05, 4.69) is 9.88 Å². The molecule has 3 rings (SSSR count). The topological polar surface area (TPSA) is 56.7 Å². The highest BCUT2D eigenvalue weighted by Crippen LogP contribution is 2.32. The van der Waals surface area contributed by atoms with Gasteiger partial charge < -0.3 is 14.9 Å². The highest BCUT2D eigenvalue weighted by molar-refractivity contribution is 6.32. The largest absolute Gasteiger partial charge is 0.380 e. The molecule has 1 saturated carbocycles. The number of rotatable bonds is 2. The lowest BCUT2D eigenvalue weighted by Gasteiger charge is -2.38. The van der Waals surface area contributed by atoms with Crippen LogP contribution in [0.3, 0.4) is 0 Å². The van der Waals surface area contributed by atoms with Gasteiger partial charge in [-0.15, -0.1) is 0 Å². The van der Waals surface area contributed by atoms with Gasteiger partial charge in [-0.1, -0.05) is 11.6 Å². The first-order valence-corrected chi connectivity index (χ1v) is 7.85. The molecule has 1 aliphatic carbocycles. The summed E-state index contributed by atoms with van der Waals surface area (Å²) in [4.78, 5) is 20.6. The molecule has 0 atom stereocenters. The van der Waals surface area contributed by atoms with Gasteiger partial charge in [0.05, 0.1) is 5.02 Å². The zero-order chi connectivity index (χ0) is 14.9. The highest BCUT2D eigenvalue weighted by Gasteiger charge is 2.42. The number of pyridine rings is 1. The fourth-order valence-corrected chi connectivity index (χ4v) is 3.44. The summed E-state index contributed by atoms with van der Waals surface area (Å²) < 4.78 is 0. The number of hydrogen-bond acceptors (Lipinski definition) is 4. The van der Waals surface area contributed by atoms with Crippen LogP contribution in [0.5, 0.6) is 0 Å². The number of carbonyl (C=O) groups excluding carboxylic acids is 1. The van der Waals surface area contributed by atoms with Gasteiger partial charge >= 0.3 is 0 Å². The van der Waals surface area contributed by atoms with E-state index in [1.165, 1.54) is 0 Å². The second-order valence-electron chi connectivity index (χ2n) is 5.83. The van der Waals surface area contributed by atoms with Crippen molar-refractivity contribution in [3.63, 3.8) is 0 Å². The third-order valence-corrected chi connectivity index (χ3v) is 4.73. The first-order chi connectivity index (χ1) is 10.1. The van der Waals surface area contributed by atoms with Crippen LogP contribution >= 0.6 is 11.6 Å². The molecule has 1 N–H and O–H groups in total. The Morgan fingerprint density at radius 2 is 1.90 bits per heavy atom. The van der Waals surface area contributed by atoms with E-state index in [-0.39, 0.29) is 5.91 Å². The van der Waals surface area contributed by atoms with Crippen molar-refractivity contribution in [2.75, 3.05) is 31.1 Å². The van der Waals surface area contributed by atoms with Crippen LogP contribution in [0.15, 0.2) is 18.3 Å². The maximum absolute atomic E-state index is 12.4. The van der Waals surface area contributed by atoms with Crippen LogP contribution < -0.4 is 4.90 Å². The van der Waals surface area contributed by atoms with Crippen molar-refractivity contribution in [1.29, 1.82) is 0 Å². The smallest absolute Gasteiger partial charge is 0.254 e. The molecule has 1 amide bonds. The molecular formula is C15H20ClN3O2. The molecule has 1 aromatic heterocycles. The SMILES string of the molecule is O=C(N1CCN(c2ncccc2Cl)CC1)C1(O)CCCC1. The standard InChI is InChI=1S/C15H20ClN3O2/c16-12-4-3-7-17-13(12)18-8-10-19(11-9-18)14(20)15(21)5-1-2-6-15/h3-4,7,21H,1-2,5-6,8-11H2. The molecule has 1 aromatic rings. The predicted molar refractivity (Wildman–Crippen MR) is 81.5 cm³/mol. The van der Waals surface area contributed by atoms with E-state index in [0.29, 0.717) is 44.0 Å². The number of nitrogens with zero attached hydrogens (tertiary/aromatic N) is 3. The molecule has 1 aliphatic heterocycles. The Kier molecular flexibility index (Phi) is 4.04. The number of anilines is 1. The molecule has 114 valence electrons. The monoisotopic (exact) mass is 309 g/mol. The lowest BCUT2D eigenvalue weighted by molar-refractivity contribution is -0.151. The van der Waals surface area contributed by atoms with Crippen LogP contribution in [0.1, 0.15) is 25.7 Å². The number of halogens is 1. The fourth-order valence-electron chi connectivity index (χ4n) is 3.20. The Labute approximate surface area is 129 Å². The highest BCUT2D eigenvalue weighted by atomic mass is 35.5. The summed E-state index contributed by atoms with van der Waals surface area (Å²) in [6.07, 6.45) is 4.79. The summed E-state index contributed by atoms with van der Waals surface area (Å²) in [7, 11) is 0. The summed E-state index contributed by atoms with van der Waals surface area (Å²) in [5.41, 5.74) is -1.12. The molecule has 21 heavy (non-hydrogen) atoms. The maximum Gasteiger partial charge on any atom is 0.254 e. The quantitative estimate of drug-likeness (QED) is 0.903. The molecule has 2 aliphatic rings. The van der Waals surface area contributed by atoms with E-state index in [1.54, 1.807) is 17.2 Å². The number of piperazine rings is 1. The lowest BCUT2D eigenvalue weighted by atomic mass is 10.00. The van der Waals surface area contributed by atoms with Gasteiger partial charge in [-0.2, -0.15) is 0 Å². The molecule has 0 unspecified atom stereocenters. The Bertz CT molecular complexity index is 523. The van der Waals surface area contributed by atoms with Crippen LogP contribution in [0, 0.1) is 0 Å². The Balaban J connectivity index is 1.63. The van der Waals surface area contributed by atoms with Crippen molar-refractivity contribution in [3.8, 4) is 0 Å². The van der Waals surface area contributed by atoms with Gasteiger partial charge in [-0.05, 0) is 37.8 Å². The van der Waals surface area contributed by atoms with Gasteiger partial charge in [0.25, 0.3) is 5.91 Å². The van der Waals surface area contributed by atoms with E-state index in [1.807, 2.05) is 6.07 Å². The third-order valence-electron chi connectivity index (χ3n) is 4.43. The number of carbonyl (C=O) groups is 1. The van der Waals surface area contributed by atoms with Crippen LogP contribution in [-0.4, -0.2) is 52.7 Å². The molecule has 1 saturated heterocycles. The Morgan fingerprint density at radius 1 is 1.24 bits per heavy atom. The first kappa shape index (κ1) is 14.6. The molecule has 0 aromatic carbocycles. The van der Waals surface area contributed by atoms with Crippen molar-refractivity contribution in [2.45, 2.75) is 31.3 Å². The normalized spacial score (nSPS) is 21.6. The minimum atomic E-state index is -1.12. The first-order valence-electron chi connectivity index (χ1n) is 7.47. The van der Waals surface area contributed by atoms with Crippen molar-refractivity contribution in [3.05, 3.63) is 23.4 Å². The lowest BCUT2D eigenvalue weighted by Crippen LogP contribution is -2.55. The fraction of sp³-hybridized carbons (Fsp3) is 0.600. The Hall–Kier alpha value is -1.33. The molecular weight excluding hydrogens is 290 g/mol. The van der Waals surface area contributed by atoms with Gasteiger partial charge in [0, 0.05) is 32.4 Å². The number of aromatic nitrogens is 1. The third kappa shape index (κ3) is 2.85. The zero-order valence-corrected chi connectivity index (χ0v) is 12.7. The van der Waals surface area contributed by atoms with E-state index in [0.717, 1.165) is 18.7 Å². The van der Waals surface area contributed by atoms with Crippen molar-refractivity contribution >= 4 is 23.3 Å². The number of aliphatic hydroxyl groups is 1. The minimum Gasteiger partial charge on any atom is -0.380 e. The second kappa shape index (κ2) is 5.81.